The van der Waals surface area contributed by atoms with Crippen LogP contribution in [0, 0.1) is 0 Å². The molecule has 0 spiro atoms. The Hall–Kier alpha value is -2.08. The second-order valence-electron chi connectivity index (χ2n) is 4.05. The fraction of sp³-hybridized carbons (Fsp3) is 0.333. The minimum atomic E-state index is -0.535. The molecule has 1 aliphatic heterocycles. The standard InChI is InChI=1S/C12H15N3O3/c1-2-8(13)12(17)14-7-3-4-10-9(5-7)15-11(16)6-18-10/h3-5,8H,2,6,13H2,1H3,(H,14,17)(H,15,16)/t8-/m0/s1. The van der Waals surface area contributed by atoms with E-state index in [1.807, 2.05) is 6.92 Å². The number of hydrogen-bond donors (Lipinski definition) is 3. The van der Waals surface area contributed by atoms with Gasteiger partial charge in [0.15, 0.2) is 6.61 Å². The van der Waals surface area contributed by atoms with Crippen LogP contribution in [0.4, 0.5) is 11.4 Å². The average molecular weight is 249 g/mol. The number of nitrogens with one attached hydrogen (secondary N) is 2. The summed E-state index contributed by atoms with van der Waals surface area (Å²) in [7, 11) is 0. The van der Waals surface area contributed by atoms with Crippen LogP contribution in [0.5, 0.6) is 5.75 Å². The molecule has 2 rings (SSSR count). The van der Waals surface area contributed by atoms with Crippen LogP contribution in [-0.4, -0.2) is 24.5 Å². The van der Waals surface area contributed by atoms with Crippen LogP contribution in [0.3, 0.4) is 0 Å². The second-order valence-corrected chi connectivity index (χ2v) is 4.05. The van der Waals surface area contributed by atoms with Crippen molar-refractivity contribution in [2.75, 3.05) is 17.2 Å². The molecule has 0 fully saturated rings. The highest BCUT2D eigenvalue weighted by molar-refractivity contribution is 5.98. The summed E-state index contributed by atoms with van der Waals surface area (Å²) < 4.78 is 5.21. The number of rotatable bonds is 3. The fourth-order valence-corrected chi connectivity index (χ4v) is 1.58. The van der Waals surface area contributed by atoms with Gasteiger partial charge in [0.1, 0.15) is 5.75 Å². The first kappa shape index (κ1) is 12.4. The van der Waals surface area contributed by atoms with E-state index in [9.17, 15) is 9.59 Å². The van der Waals surface area contributed by atoms with Crippen LogP contribution in [0.2, 0.25) is 0 Å². The van der Waals surface area contributed by atoms with Gasteiger partial charge >= 0.3 is 0 Å². The molecule has 0 unspecified atom stereocenters. The molecule has 1 atom stereocenters. The van der Waals surface area contributed by atoms with E-state index < -0.39 is 6.04 Å². The van der Waals surface area contributed by atoms with E-state index in [2.05, 4.69) is 10.6 Å². The van der Waals surface area contributed by atoms with Crippen molar-refractivity contribution in [1.29, 1.82) is 0 Å². The van der Waals surface area contributed by atoms with E-state index in [-0.39, 0.29) is 18.4 Å². The molecule has 1 aromatic carbocycles. The van der Waals surface area contributed by atoms with E-state index in [4.69, 9.17) is 10.5 Å². The lowest BCUT2D eigenvalue weighted by atomic mass is 10.2. The van der Waals surface area contributed by atoms with Crippen molar-refractivity contribution < 1.29 is 14.3 Å². The van der Waals surface area contributed by atoms with E-state index >= 15 is 0 Å². The molecular formula is C12H15N3O3. The number of carbonyl (C=O) groups is 2. The van der Waals surface area contributed by atoms with Gasteiger partial charge in [-0.25, -0.2) is 0 Å². The maximum Gasteiger partial charge on any atom is 0.262 e. The van der Waals surface area contributed by atoms with Gasteiger partial charge in [0.2, 0.25) is 5.91 Å². The largest absolute Gasteiger partial charge is 0.482 e. The Morgan fingerprint density at radius 2 is 2.39 bits per heavy atom. The number of nitrogens with two attached hydrogens (primary N) is 1. The first-order valence-electron chi connectivity index (χ1n) is 5.73. The van der Waals surface area contributed by atoms with Crippen LogP contribution in [0.1, 0.15) is 13.3 Å². The van der Waals surface area contributed by atoms with Crippen LogP contribution in [0.25, 0.3) is 0 Å². The van der Waals surface area contributed by atoms with Gasteiger partial charge in [-0.2, -0.15) is 0 Å². The zero-order valence-electron chi connectivity index (χ0n) is 10.0. The molecule has 2 amide bonds. The number of anilines is 2. The number of benzene rings is 1. The SMILES string of the molecule is CC[C@H](N)C(=O)Nc1ccc2c(c1)NC(=O)CO2. The van der Waals surface area contributed by atoms with Crippen LogP contribution in [-0.2, 0) is 9.59 Å². The highest BCUT2D eigenvalue weighted by Gasteiger charge is 2.17. The normalized spacial score (nSPS) is 15.1. The Labute approximate surface area is 104 Å². The number of amides is 2. The molecule has 4 N–H and O–H groups in total. The number of hydrogen-bond acceptors (Lipinski definition) is 4. The molecule has 1 aromatic rings. The Morgan fingerprint density at radius 1 is 1.61 bits per heavy atom. The number of fused-ring (bicyclic) bond motifs is 1. The Bertz CT molecular complexity index is 487. The van der Waals surface area contributed by atoms with Gasteiger partial charge in [-0.05, 0) is 24.6 Å². The molecule has 0 aromatic heterocycles. The lowest BCUT2D eigenvalue weighted by molar-refractivity contribution is -0.118. The summed E-state index contributed by atoms with van der Waals surface area (Å²) in [5, 5.41) is 5.36. The molecule has 6 heteroatoms. The third-order valence-corrected chi connectivity index (χ3v) is 2.66. The van der Waals surface area contributed by atoms with Gasteiger partial charge < -0.3 is 21.1 Å². The maximum absolute atomic E-state index is 11.6. The fourth-order valence-electron chi connectivity index (χ4n) is 1.58. The third kappa shape index (κ3) is 2.60. The second kappa shape index (κ2) is 5.05. The lowest BCUT2D eigenvalue weighted by Gasteiger charge is -2.19. The van der Waals surface area contributed by atoms with Crippen molar-refractivity contribution in [3.8, 4) is 5.75 Å². The topological polar surface area (TPSA) is 93.5 Å². The Balaban J connectivity index is 2.13. The van der Waals surface area contributed by atoms with Crippen molar-refractivity contribution in [2.45, 2.75) is 19.4 Å². The average Bonchev–Trinajstić information content (AvgIpc) is 2.37. The summed E-state index contributed by atoms with van der Waals surface area (Å²) in [5.41, 5.74) is 6.75. The summed E-state index contributed by atoms with van der Waals surface area (Å²) in [6.07, 6.45) is 0.566. The van der Waals surface area contributed by atoms with E-state index in [0.717, 1.165) is 0 Å². The molecule has 0 bridgehead atoms. The van der Waals surface area contributed by atoms with Crippen LogP contribution < -0.4 is 21.1 Å². The zero-order chi connectivity index (χ0) is 13.1. The number of carbonyl (C=O) groups excluding carboxylic acids is 2. The molecule has 0 aliphatic carbocycles. The van der Waals surface area contributed by atoms with Crippen molar-refractivity contribution in [3.63, 3.8) is 0 Å². The summed E-state index contributed by atoms with van der Waals surface area (Å²) in [6.45, 7) is 1.85. The van der Waals surface area contributed by atoms with Gasteiger partial charge in [-0.3, -0.25) is 9.59 Å². The highest BCUT2D eigenvalue weighted by atomic mass is 16.5. The summed E-state index contributed by atoms with van der Waals surface area (Å²) in [5.74, 6) is 0.129. The minimum Gasteiger partial charge on any atom is -0.482 e. The van der Waals surface area contributed by atoms with Gasteiger partial charge in [-0.1, -0.05) is 6.92 Å². The molecule has 0 saturated carbocycles. The molecule has 1 aliphatic rings. The van der Waals surface area contributed by atoms with Crippen molar-refractivity contribution in [2.24, 2.45) is 5.73 Å². The molecule has 6 nitrogen and oxygen atoms in total. The van der Waals surface area contributed by atoms with Crippen molar-refractivity contribution >= 4 is 23.2 Å². The summed E-state index contributed by atoms with van der Waals surface area (Å²) in [4.78, 5) is 22.8. The first-order valence-corrected chi connectivity index (χ1v) is 5.73. The monoisotopic (exact) mass is 249 g/mol. The Kier molecular flexibility index (Phi) is 3.47. The molecule has 1 heterocycles. The van der Waals surface area contributed by atoms with E-state index in [1.165, 1.54) is 0 Å². The van der Waals surface area contributed by atoms with Crippen molar-refractivity contribution in [1.82, 2.24) is 0 Å². The molecule has 0 saturated heterocycles. The highest BCUT2D eigenvalue weighted by Crippen LogP contribution is 2.30. The zero-order valence-corrected chi connectivity index (χ0v) is 10.0. The predicted molar refractivity (Wildman–Crippen MR) is 67.5 cm³/mol. The smallest absolute Gasteiger partial charge is 0.262 e. The summed E-state index contributed by atoms with van der Waals surface area (Å²) in [6, 6.07) is 4.51. The lowest BCUT2D eigenvalue weighted by Crippen LogP contribution is -2.34. The first-order chi connectivity index (χ1) is 8.60. The molecule has 18 heavy (non-hydrogen) atoms. The van der Waals surface area contributed by atoms with E-state index in [1.54, 1.807) is 18.2 Å². The van der Waals surface area contributed by atoms with Gasteiger partial charge in [0.25, 0.3) is 5.91 Å². The minimum absolute atomic E-state index is 0.0133. The van der Waals surface area contributed by atoms with Gasteiger partial charge in [0.05, 0.1) is 11.7 Å². The van der Waals surface area contributed by atoms with Crippen LogP contribution in [0.15, 0.2) is 18.2 Å². The maximum atomic E-state index is 11.6. The third-order valence-electron chi connectivity index (χ3n) is 2.66. The number of ether oxygens (including phenoxy) is 1. The van der Waals surface area contributed by atoms with Gasteiger partial charge in [0, 0.05) is 5.69 Å². The Morgan fingerprint density at radius 3 is 3.11 bits per heavy atom. The van der Waals surface area contributed by atoms with Crippen LogP contribution >= 0.6 is 0 Å². The quantitative estimate of drug-likeness (QED) is 0.734. The molecule has 0 radical (unpaired) electrons. The van der Waals surface area contributed by atoms with Crippen molar-refractivity contribution in [3.05, 3.63) is 18.2 Å². The summed E-state index contributed by atoms with van der Waals surface area (Å²) >= 11 is 0. The molecule has 96 valence electrons. The van der Waals surface area contributed by atoms with Gasteiger partial charge in [-0.15, -0.1) is 0 Å². The molecular weight excluding hydrogens is 234 g/mol. The van der Waals surface area contributed by atoms with E-state index in [0.29, 0.717) is 23.5 Å². The predicted octanol–water partition coefficient (Wildman–Crippen LogP) is 0.693.